The number of benzene rings is 2. The van der Waals surface area contributed by atoms with E-state index in [0.29, 0.717) is 28.9 Å². The van der Waals surface area contributed by atoms with E-state index >= 15 is 0 Å². The lowest BCUT2D eigenvalue weighted by molar-refractivity contribution is 0.150. The lowest BCUT2D eigenvalue weighted by atomic mass is 9.99. The van der Waals surface area contributed by atoms with Crippen molar-refractivity contribution in [2.45, 2.75) is 52.5 Å². The second-order valence-corrected chi connectivity index (χ2v) is 16.9. The first kappa shape index (κ1) is 34.6. The van der Waals surface area contributed by atoms with E-state index in [1.807, 2.05) is 31.2 Å². The van der Waals surface area contributed by atoms with Gasteiger partial charge in [-0.25, -0.2) is 4.98 Å². The Labute approximate surface area is 293 Å². The van der Waals surface area contributed by atoms with Gasteiger partial charge in [-0.05, 0) is 91.7 Å². The van der Waals surface area contributed by atoms with Crippen LogP contribution >= 0.6 is 23.1 Å². The van der Waals surface area contributed by atoms with E-state index in [2.05, 4.69) is 72.6 Å². The van der Waals surface area contributed by atoms with E-state index < -0.39 is 7.14 Å². The molecule has 2 aromatic carbocycles. The Morgan fingerprint density at radius 3 is 2.42 bits per heavy atom. The Bertz CT molecular complexity index is 1800. The van der Waals surface area contributed by atoms with Gasteiger partial charge in [-0.15, -0.1) is 0 Å². The van der Waals surface area contributed by atoms with Crippen molar-refractivity contribution < 1.29 is 9.30 Å². The zero-order chi connectivity index (χ0) is 33.8. The van der Waals surface area contributed by atoms with E-state index in [1.165, 1.54) is 24.1 Å². The fraction of sp³-hybridized carbons (Fsp3) is 0.472. The number of hydrogen-bond acceptors (Lipinski definition) is 10. The number of pyridine rings is 1. The third kappa shape index (κ3) is 7.65. The summed E-state index contributed by atoms with van der Waals surface area (Å²) < 4.78 is 20.5. The molecule has 0 saturated carbocycles. The summed E-state index contributed by atoms with van der Waals surface area (Å²) in [5, 5.41) is 12.0. The minimum Gasteiger partial charge on any atom is -0.492 e. The summed E-state index contributed by atoms with van der Waals surface area (Å²) in [5.41, 5.74) is 5.92. The van der Waals surface area contributed by atoms with Crippen molar-refractivity contribution >= 4 is 68.1 Å². The molecule has 2 saturated heterocycles. The van der Waals surface area contributed by atoms with Gasteiger partial charge >= 0.3 is 0 Å². The maximum Gasteiger partial charge on any atom is 0.229 e. The van der Waals surface area contributed by atoms with E-state index in [0.717, 1.165) is 91.1 Å². The molecule has 6 rings (SSSR count). The van der Waals surface area contributed by atoms with Crippen LogP contribution in [0.2, 0.25) is 0 Å². The summed E-state index contributed by atoms with van der Waals surface area (Å²) in [6.07, 6.45) is 5.82. The summed E-state index contributed by atoms with van der Waals surface area (Å²) in [7, 11) is -2.70. The predicted molar refractivity (Wildman–Crippen MR) is 203 cm³/mol. The number of ether oxygens (including phenoxy) is 1. The molecule has 0 bridgehead atoms. The van der Waals surface area contributed by atoms with E-state index in [1.54, 1.807) is 19.5 Å². The zero-order valence-corrected chi connectivity index (χ0v) is 31.3. The SMILES string of the molecule is CCOc1cc(N2CCC(N3CCNCC3)CC2)c(CC)cc1Nc1ncc(Br)c(Nc2ccc3nc(CC)ccc3c2P(C)(C)=O)n1. The van der Waals surface area contributed by atoms with Gasteiger partial charge in [-0.1, -0.05) is 19.9 Å². The Morgan fingerprint density at radius 1 is 0.958 bits per heavy atom. The first-order valence-corrected chi connectivity index (χ1v) is 20.6. The van der Waals surface area contributed by atoms with Gasteiger partial charge < -0.3 is 30.2 Å². The molecule has 2 aliphatic rings. The molecule has 2 aromatic heterocycles. The van der Waals surface area contributed by atoms with Crippen LogP contribution in [0.15, 0.2) is 47.1 Å². The van der Waals surface area contributed by atoms with Crippen LogP contribution in [-0.2, 0) is 17.4 Å². The quantitative estimate of drug-likeness (QED) is 0.141. The number of piperidine rings is 1. The van der Waals surface area contributed by atoms with Gasteiger partial charge in [0.15, 0.2) is 0 Å². The maximum absolute atomic E-state index is 13.6. The lowest BCUT2D eigenvalue weighted by Crippen LogP contribution is -2.52. The number of halogens is 1. The highest BCUT2D eigenvalue weighted by molar-refractivity contribution is 9.10. The van der Waals surface area contributed by atoms with Crippen molar-refractivity contribution in [3.63, 3.8) is 0 Å². The lowest BCUT2D eigenvalue weighted by Gasteiger charge is -2.41. The van der Waals surface area contributed by atoms with Crippen molar-refractivity contribution in [1.82, 2.24) is 25.2 Å². The zero-order valence-electron chi connectivity index (χ0n) is 28.8. The third-order valence-corrected chi connectivity index (χ3v) is 11.5. The topological polar surface area (TPSA) is 108 Å². The van der Waals surface area contributed by atoms with Crippen LogP contribution in [0.4, 0.5) is 28.8 Å². The molecule has 2 aliphatic heterocycles. The molecule has 2 fully saturated rings. The number of rotatable bonds is 11. The van der Waals surface area contributed by atoms with Gasteiger partial charge in [0.1, 0.15) is 18.7 Å². The van der Waals surface area contributed by atoms with E-state index in [9.17, 15) is 4.57 Å². The van der Waals surface area contributed by atoms with Crippen molar-refractivity contribution in [2.24, 2.45) is 0 Å². The number of fused-ring (bicyclic) bond motifs is 1. The summed E-state index contributed by atoms with van der Waals surface area (Å²) in [6, 6.07) is 13.0. The van der Waals surface area contributed by atoms with Crippen LogP contribution in [0.25, 0.3) is 10.9 Å². The molecule has 0 amide bonds. The molecule has 0 unspecified atom stereocenters. The normalized spacial score (nSPS) is 16.3. The molecule has 0 aliphatic carbocycles. The molecule has 4 heterocycles. The number of piperazine rings is 1. The molecule has 3 N–H and O–H groups in total. The predicted octanol–water partition coefficient (Wildman–Crippen LogP) is 6.92. The van der Waals surface area contributed by atoms with Crippen LogP contribution in [0, 0.1) is 0 Å². The Hall–Kier alpha value is -3.24. The second kappa shape index (κ2) is 15.1. The van der Waals surface area contributed by atoms with Crippen molar-refractivity contribution in [2.75, 3.05) is 74.7 Å². The van der Waals surface area contributed by atoms with Crippen molar-refractivity contribution in [1.29, 1.82) is 0 Å². The number of aryl methyl sites for hydroxylation is 2. The number of nitrogens with zero attached hydrogens (tertiary/aromatic N) is 5. The van der Waals surface area contributed by atoms with E-state index in [-0.39, 0.29) is 0 Å². The van der Waals surface area contributed by atoms with Gasteiger partial charge in [-0.2, -0.15) is 4.98 Å². The Morgan fingerprint density at radius 2 is 1.73 bits per heavy atom. The molecule has 4 aromatic rings. The van der Waals surface area contributed by atoms with E-state index in [4.69, 9.17) is 14.7 Å². The number of hydrogen-bond donors (Lipinski definition) is 3. The van der Waals surface area contributed by atoms with Gasteiger partial charge in [0.2, 0.25) is 5.95 Å². The molecule has 0 spiro atoms. The first-order valence-electron chi connectivity index (χ1n) is 17.2. The second-order valence-electron chi connectivity index (χ2n) is 12.9. The number of anilines is 5. The largest absolute Gasteiger partial charge is 0.492 e. The fourth-order valence-corrected chi connectivity index (χ4v) is 8.72. The van der Waals surface area contributed by atoms with Crippen molar-refractivity contribution in [3.05, 3.63) is 58.3 Å². The first-order chi connectivity index (χ1) is 23.2. The highest BCUT2D eigenvalue weighted by Crippen LogP contribution is 2.42. The maximum atomic E-state index is 13.6. The smallest absolute Gasteiger partial charge is 0.229 e. The average Bonchev–Trinajstić information content (AvgIpc) is 3.10. The Balaban J connectivity index is 1.26. The van der Waals surface area contributed by atoms with Gasteiger partial charge in [0.25, 0.3) is 0 Å². The van der Waals surface area contributed by atoms with Crippen LogP contribution in [0.5, 0.6) is 5.75 Å². The Kier molecular flexibility index (Phi) is 10.9. The molecular formula is C36H48BrN8O2P. The fourth-order valence-electron chi connectivity index (χ4n) is 6.95. The molecule has 12 heteroatoms. The number of nitrogens with one attached hydrogen (secondary N) is 3. The van der Waals surface area contributed by atoms with Gasteiger partial charge in [0.05, 0.1) is 28.0 Å². The summed E-state index contributed by atoms with van der Waals surface area (Å²) in [5.74, 6) is 1.78. The van der Waals surface area contributed by atoms with Gasteiger partial charge in [-0.3, -0.25) is 9.88 Å². The highest BCUT2D eigenvalue weighted by Gasteiger charge is 2.27. The van der Waals surface area contributed by atoms with Crippen molar-refractivity contribution in [3.8, 4) is 5.75 Å². The standard InChI is InChI=1S/C36H48BrN8O2P/c1-6-24-21-31(33(47-8-3)22-32(24)45-17-13-26(14-18-45)44-19-15-38-16-20-44)42-36-39-23-28(37)35(43-36)41-30-12-11-29-27(34(30)48(4,5)46)10-9-25(7-2)40-29/h9-12,21-23,26,38H,6-8,13-20H2,1-5H3,(H2,39,41,42,43). The average molecular weight is 736 g/mol. The molecule has 256 valence electrons. The molecular weight excluding hydrogens is 687 g/mol. The summed E-state index contributed by atoms with van der Waals surface area (Å²) >= 11 is 3.63. The minimum atomic E-state index is -2.70. The minimum absolute atomic E-state index is 0.432. The summed E-state index contributed by atoms with van der Waals surface area (Å²) in [6.45, 7) is 17.0. The molecule has 48 heavy (non-hydrogen) atoms. The third-order valence-electron chi connectivity index (χ3n) is 9.38. The van der Waals surface area contributed by atoms with Gasteiger partial charge in [0, 0.05) is 79.6 Å². The monoisotopic (exact) mass is 734 g/mol. The van der Waals surface area contributed by atoms with Crippen LogP contribution in [-0.4, -0.2) is 85.1 Å². The van der Waals surface area contributed by atoms with Crippen LogP contribution in [0.3, 0.4) is 0 Å². The molecule has 0 atom stereocenters. The van der Waals surface area contributed by atoms with Crippen LogP contribution in [0.1, 0.15) is 44.9 Å². The molecule has 0 radical (unpaired) electrons. The summed E-state index contributed by atoms with van der Waals surface area (Å²) in [4.78, 5) is 19.4. The highest BCUT2D eigenvalue weighted by atomic mass is 79.9. The number of aromatic nitrogens is 3. The van der Waals surface area contributed by atoms with Crippen LogP contribution < -0.4 is 30.9 Å². The molecule has 10 nitrogen and oxygen atoms in total.